The molecule has 0 aliphatic carbocycles. The average molecular weight is 386 g/mol. The number of benzene rings is 1. The number of rotatable bonds is 7. The highest BCUT2D eigenvalue weighted by Crippen LogP contribution is 2.26. The molecular formula is C17H26N2O6S. The Balaban J connectivity index is 2.85. The molecule has 26 heavy (non-hydrogen) atoms. The van der Waals surface area contributed by atoms with E-state index in [0.717, 1.165) is 0 Å². The van der Waals surface area contributed by atoms with Crippen molar-refractivity contribution < 1.29 is 23.4 Å². The van der Waals surface area contributed by atoms with Gasteiger partial charge in [-0.05, 0) is 40.7 Å². The maximum absolute atomic E-state index is 11.9. The van der Waals surface area contributed by atoms with Gasteiger partial charge in [0.2, 0.25) is 0 Å². The highest BCUT2D eigenvalue weighted by atomic mass is 32.2. The molecule has 1 aromatic carbocycles. The minimum atomic E-state index is -1.19. The molecule has 1 amide bonds. The van der Waals surface area contributed by atoms with Crippen molar-refractivity contribution in [2.24, 2.45) is 0 Å². The van der Waals surface area contributed by atoms with Crippen LogP contribution >= 0.6 is 0 Å². The van der Waals surface area contributed by atoms with E-state index in [0.29, 0.717) is 11.3 Å². The van der Waals surface area contributed by atoms with Crippen molar-refractivity contribution in [3.8, 4) is 5.75 Å². The van der Waals surface area contributed by atoms with E-state index >= 15 is 0 Å². The van der Waals surface area contributed by atoms with E-state index in [1.165, 1.54) is 24.5 Å². The Bertz CT molecular complexity index is 697. The van der Waals surface area contributed by atoms with Crippen LogP contribution in [0.15, 0.2) is 18.2 Å². The molecule has 1 rings (SSSR count). The Hall–Kier alpha value is -2.16. The lowest BCUT2D eigenvalue weighted by molar-refractivity contribution is -0.384. The molecule has 0 radical (unpaired) electrons. The van der Waals surface area contributed by atoms with Crippen LogP contribution in [0, 0.1) is 10.1 Å². The van der Waals surface area contributed by atoms with Crippen LogP contribution in [0.5, 0.6) is 5.75 Å². The SMILES string of the molecule is CS(=O)Cc1cc([N+](=O)[O-])ccc1OCC(C)(C)NC(=O)OC(C)(C)C. The van der Waals surface area contributed by atoms with E-state index in [1.807, 2.05) is 0 Å². The molecule has 0 aromatic heterocycles. The Labute approximate surface area is 155 Å². The van der Waals surface area contributed by atoms with Crippen molar-refractivity contribution in [3.05, 3.63) is 33.9 Å². The Morgan fingerprint density at radius 2 is 1.88 bits per heavy atom. The second-order valence-corrected chi connectivity index (χ2v) is 9.00. The van der Waals surface area contributed by atoms with Gasteiger partial charge < -0.3 is 14.8 Å². The van der Waals surface area contributed by atoms with Gasteiger partial charge in [-0.3, -0.25) is 14.3 Å². The summed E-state index contributed by atoms with van der Waals surface area (Å²) in [6, 6.07) is 4.15. The molecule has 0 aliphatic heterocycles. The van der Waals surface area contributed by atoms with Crippen LogP contribution in [0.4, 0.5) is 10.5 Å². The first kappa shape index (κ1) is 21.9. The largest absolute Gasteiger partial charge is 0.491 e. The van der Waals surface area contributed by atoms with Gasteiger partial charge >= 0.3 is 6.09 Å². The number of amides is 1. The summed E-state index contributed by atoms with van der Waals surface area (Å²) in [5.74, 6) is 0.529. The fraction of sp³-hybridized carbons (Fsp3) is 0.588. The first-order valence-electron chi connectivity index (χ1n) is 8.00. The molecule has 0 aliphatic rings. The van der Waals surface area contributed by atoms with Crippen molar-refractivity contribution >= 4 is 22.6 Å². The molecule has 0 fully saturated rings. The number of carbonyl (C=O) groups is 1. The normalized spacial score (nSPS) is 13.0. The third-order valence-corrected chi connectivity index (χ3v) is 3.76. The number of carbonyl (C=O) groups excluding carboxylic acids is 1. The standard InChI is InChI=1S/C17H26N2O6S/c1-16(2,3)25-15(20)18-17(4,5)11-24-14-8-7-13(19(21)22)9-12(14)10-26(6)23/h7-9H,10-11H2,1-6H3,(H,18,20). The molecule has 0 heterocycles. The number of nitrogens with one attached hydrogen (secondary N) is 1. The smallest absolute Gasteiger partial charge is 0.408 e. The van der Waals surface area contributed by atoms with E-state index in [9.17, 15) is 19.1 Å². The van der Waals surface area contributed by atoms with Crippen molar-refractivity contribution in [2.45, 2.75) is 51.5 Å². The molecule has 0 bridgehead atoms. The zero-order chi connectivity index (χ0) is 20.1. The minimum Gasteiger partial charge on any atom is -0.491 e. The Morgan fingerprint density at radius 1 is 1.27 bits per heavy atom. The lowest BCUT2D eigenvalue weighted by Crippen LogP contribution is -2.49. The van der Waals surface area contributed by atoms with Crippen molar-refractivity contribution in [3.63, 3.8) is 0 Å². The number of alkyl carbamates (subject to hydrolysis) is 1. The van der Waals surface area contributed by atoms with E-state index in [-0.39, 0.29) is 18.0 Å². The Morgan fingerprint density at radius 3 is 2.38 bits per heavy atom. The average Bonchev–Trinajstić information content (AvgIpc) is 2.42. The summed E-state index contributed by atoms with van der Waals surface area (Å²) in [5, 5.41) is 13.6. The number of ether oxygens (including phenoxy) is 2. The fourth-order valence-corrected chi connectivity index (χ4v) is 2.69. The number of nitro benzene ring substituents is 1. The number of hydrogen-bond donors (Lipinski definition) is 1. The first-order chi connectivity index (χ1) is 11.8. The molecule has 1 unspecified atom stereocenters. The molecule has 1 aromatic rings. The van der Waals surface area contributed by atoms with E-state index in [4.69, 9.17) is 9.47 Å². The van der Waals surface area contributed by atoms with Crippen molar-refractivity contribution in [2.75, 3.05) is 12.9 Å². The van der Waals surface area contributed by atoms with Crippen LogP contribution in [-0.4, -0.2) is 39.2 Å². The molecule has 0 saturated carbocycles. The van der Waals surface area contributed by atoms with Gasteiger partial charge in [-0.15, -0.1) is 0 Å². The molecule has 0 spiro atoms. The molecule has 146 valence electrons. The third kappa shape index (κ3) is 7.81. The van der Waals surface area contributed by atoms with E-state index < -0.39 is 33.0 Å². The second-order valence-electron chi connectivity index (χ2n) is 7.57. The zero-order valence-electron chi connectivity index (χ0n) is 16.0. The van der Waals surface area contributed by atoms with Gasteiger partial charge in [0.25, 0.3) is 5.69 Å². The lowest BCUT2D eigenvalue weighted by Gasteiger charge is -2.28. The first-order valence-corrected chi connectivity index (χ1v) is 9.73. The van der Waals surface area contributed by atoms with E-state index in [2.05, 4.69) is 5.32 Å². The summed E-state index contributed by atoms with van der Waals surface area (Å²) < 4.78 is 22.5. The number of hydrogen-bond acceptors (Lipinski definition) is 6. The highest BCUT2D eigenvalue weighted by Gasteiger charge is 2.26. The van der Waals surface area contributed by atoms with Crippen LogP contribution < -0.4 is 10.1 Å². The summed E-state index contributed by atoms with van der Waals surface area (Å²) in [6.07, 6.45) is 0.945. The number of nitrogens with zero attached hydrogens (tertiary/aromatic N) is 1. The highest BCUT2D eigenvalue weighted by molar-refractivity contribution is 7.83. The Kier molecular flexibility index (Phi) is 7.14. The van der Waals surface area contributed by atoms with Gasteiger partial charge in [-0.2, -0.15) is 0 Å². The number of nitro groups is 1. The molecule has 0 saturated heterocycles. The molecule has 1 atom stereocenters. The fourth-order valence-electron chi connectivity index (χ4n) is 2.03. The summed E-state index contributed by atoms with van der Waals surface area (Å²) >= 11 is 0. The van der Waals surface area contributed by atoms with Crippen LogP contribution in [0.1, 0.15) is 40.2 Å². The predicted octanol–water partition coefficient (Wildman–Crippen LogP) is 3.16. The summed E-state index contributed by atoms with van der Waals surface area (Å²) in [6.45, 7) is 8.94. The van der Waals surface area contributed by atoms with Gasteiger partial charge in [0.15, 0.2) is 0 Å². The van der Waals surface area contributed by atoms with Gasteiger partial charge in [-0.1, -0.05) is 0 Å². The molecule has 1 N–H and O–H groups in total. The van der Waals surface area contributed by atoms with E-state index in [1.54, 1.807) is 34.6 Å². The zero-order valence-corrected chi connectivity index (χ0v) is 16.8. The van der Waals surface area contributed by atoms with Crippen LogP contribution in [0.2, 0.25) is 0 Å². The van der Waals surface area contributed by atoms with Gasteiger partial charge in [0.1, 0.15) is 18.0 Å². The summed E-state index contributed by atoms with van der Waals surface area (Å²) in [5.41, 5.74) is -0.971. The lowest BCUT2D eigenvalue weighted by atomic mass is 10.1. The quantitative estimate of drug-likeness (QED) is 0.570. The number of non-ortho nitro benzene ring substituents is 1. The second kappa shape index (κ2) is 8.48. The maximum atomic E-state index is 11.9. The third-order valence-electron chi connectivity index (χ3n) is 3.04. The van der Waals surface area contributed by atoms with Crippen LogP contribution in [0.25, 0.3) is 0 Å². The van der Waals surface area contributed by atoms with Crippen molar-refractivity contribution in [1.82, 2.24) is 5.32 Å². The summed E-state index contributed by atoms with van der Waals surface area (Å²) in [7, 11) is -1.19. The molecule has 8 nitrogen and oxygen atoms in total. The monoisotopic (exact) mass is 386 g/mol. The topological polar surface area (TPSA) is 108 Å². The predicted molar refractivity (Wildman–Crippen MR) is 99.8 cm³/mol. The molecular weight excluding hydrogens is 360 g/mol. The van der Waals surface area contributed by atoms with Gasteiger partial charge in [-0.25, -0.2) is 4.79 Å². The summed E-state index contributed by atoms with van der Waals surface area (Å²) in [4.78, 5) is 22.3. The maximum Gasteiger partial charge on any atom is 0.408 e. The molecule has 9 heteroatoms. The van der Waals surface area contributed by atoms with Crippen molar-refractivity contribution in [1.29, 1.82) is 0 Å². The minimum absolute atomic E-state index is 0.0936. The van der Waals surface area contributed by atoms with Crippen LogP contribution in [-0.2, 0) is 21.3 Å². The van der Waals surface area contributed by atoms with Gasteiger partial charge in [0, 0.05) is 34.8 Å². The van der Waals surface area contributed by atoms with Crippen LogP contribution in [0.3, 0.4) is 0 Å². The van der Waals surface area contributed by atoms with Gasteiger partial charge in [0.05, 0.1) is 16.2 Å².